The van der Waals surface area contributed by atoms with Crippen molar-refractivity contribution in [1.82, 2.24) is 4.90 Å². The highest BCUT2D eigenvalue weighted by Crippen LogP contribution is 2.09. The van der Waals surface area contributed by atoms with Crippen molar-refractivity contribution in [3.8, 4) is 0 Å². The predicted octanol–water partition coefficient (Wildman–Crippen LogP) is 4.53. The van der Waals surface area contributed by atoms with Crippen LogP contribution in [0.3, 0.4) is 0 Å². The fraction of sp³-hybridized carbons (Fsp3) is 0.562. The molecule has 0 saturated heterocycles. The highest BCUT2D eigenvalue weighted by Gasteiger charge is 2.11. The maximum atomic E-state index is 11.2. The van der Waals surface area contributed by atoms with Crippen molar-refractivity contribution in [2.24, 2.45) is 0 Å². The maximum Gasteiger partial charge on any atom is 0.407 e. The molecule has 1 aromatic carbocycles. The molecule has 0 aliphatic rings. The molecule has 1 rings (SSSR count). The van der Waals surface area contributed by atoms with E-state index in [-0.39, 0.29) is 0 Å². The van der Waals surface area contributed by atoms with E-state index in [1.165, 1.54) is 30.6 Å². The van der Waals surface area contributed by atoms with Gasteiger partial charge in [-0.3, -0.25) is 0 Å². The predicted molar refractivity (Wildman–Crippen MR) is 78.3 cm³/mol. The van der Waals surface area contributed by atoms with Gasteiger partial charge in [0.15, 0.2) is 0 Å². The first-order valence-electron chi connectivity index (χ1n) is 7.26. The van der Waals surface area contributed by atoms with Crippen LogP contribution in [0.1, 0.15) is 51.0 Å². The number of hydrogen-bond donors (Lipinski definition) is 1. The summed E-state index contributed by atoms with van der Waals surface area (Å²) in [7, 11) is 0. The zero-order valence-electron chi connectivity index (χ0n) is 11.8. The fourth-order valence-corrected chi connectivity index (χ4v) is 2.13. The van der Waals surface area contributed by atoms with Crippen LogP contribution in [0.15, 0.2) is 30.3 Å². The summed E-state index contributed by atoms with van der Waals surface area (Å²) in [6, 6.07) is 9.77. The van der Waals surface area contributed by atoms with Crippen LogP contribution in [0.25, 0.3) is 0 Å². The summed E-state index contributed by atoms with van der Waals surface area (Å²) in [5, 5.41) is 9.20. The molecule has 0 saturated carbocycles. The van der Waals surface area contributed by atoms with E-state index in [4.69, 9.17) is 0 Å². The van der Waals surface area contributed by atoms with Gasteiger partial charge in [0.1, 0.15) is 0 Å². The van der Waals surface area contributed by atoms with Gasteiger partial charge < -0.3 is 10.0 Å². The van der Waals surface area contributed by atoms with E-state index >= 15 is 0 Å². The third kappa shape index (κ3) is 6.85. The van der Waals surface area contributed by atoms with Gasteiger partial charge in [0.2, 0.25) is 0 Å². The second-order valence-electron chi connectivity index (χ2n) is 4.96. The van der Waals surface area contributed by atoms with E-state index in [2.05, 4.69) is 6.92 Å². The first-order chi connectivity index (χ1) is 9.24. The second-order valence-corrected chi connectivity index (χ2v) is 4.96. The molecular weight excluding hydrogens is 238 g/mol. The van der Waals surface area contributed by atoms with Crippen LogP contribution in [-0.4, -0.2) is 22.6 Å². The first kappa shape index (κ1) is 15.5. The summed E-state index contributed by atoms with van der Waals surface area (Å²) in [5.41, 5.74) is 1.05. The van der Waals surface area contributed by atoms with Crippen LogP contribution in [0.2, 0.25) is 0 Å². The zero-order valence-corrected chi connectivity index (χ0v) is 11.8. The molecule has 19 heavy (non-hydrogen) atoms. The summed E-state index contributed by atoms with van der Waals surface area (Å²) < 4.78 is 0. The summed E-state index contributed by atoms with van der Waals surface area (Å²) in [6.07, 6.45) is 6.27. The third-order valence-electron chi connectivity index (χ3n) is 3.27. The van der Waals surface area contributed by atoms with Crippen molar-refractivity contribution >= 4 is 6.09 Å². The van der Waals surface area contributed by atoms with Crippen LogP contribution in [0.5, 0.6) is 0 Å². The van der Waals surface area contributed by atoms with Crippen molar-refractivity contribution in [3.63, 3.8) is 0 Å². The van der Waals surface area contributed by atoms with Crippen LogP contribution in [-0.2, 0) is 6.54 Å². The Morgan fingerprint density at radius 1 is 1.05 bits per heavy atom. The minimum Gasteiger partial charge on any atom is -0.465 e. The van der Waals surface area contributed by atoms with Gasteiger partial charge in [0.05, 0.1) is 0 Å². The van der Waals surface area contributed by atoms with E-state index in [1.807, 2.05) is 30.3 Å². The van der Waals surface area contributed by atoms with E-state index in [9.17, 15) is 9.90 Å². The third-order valence-corrected chi connectivity index (χ3v) is 3.27. The zero-order chi connectivity index (χ0) is 13.9. The van der Waals surface area contributed by atoms with Crippen molar-refractivity contribution in [2.75, 3.05) is 6.54 Å². The van der Waals surface area contributed by atoms with Crippen molar-refractivity contribution in [2.45, 2.75) is 52.0 Å². The maximum absolute atomic E-state index is 11.2. The molecule has 0 aromatic heterocycles. The van der Waals surface area contributed by atoms with Gasteiger partial charge in [-0.1, -0.05) is 69.4 Å². The Morgan fingerprint density at radius 3 is 2.32 bits per heavy atom. The number of nitrogens with zero attached hydrogens (tertiary/aromatic N) is 1. The Hall–Kier alpha value is -1.51. The quantitative estimate of drug-likeness (QED) is 0.665. The van der Waals surface area contributed by atoms with E-state index in [0.29, 0.717) is 13.1 Å². The molecule has 0 fully saturated rings. The second kappa shape index (κ2) is 9.42. The number of unbranched alkanes of at least 4 members (excludes halogenated alkanes) is 5. The largest absolute Gasteiger partial charge is 0.465 e. The molecule has 0 unspecified atom stereocenters. The summed E-state index contributed by atoms with van der Waals surface area (Å²) >= 11 is 0. The highest BCUT2D eigenvalue weighted by atomic mass is 16.4. The SMILES string of the molecule is CCCCCCCCN(Cc1ccccc1)C(=O)O. The van der Waals surface area contributed by atoms with Crippen LogP contribution >= 0.6 is 0 Å². The number of hydrogen-bond acceptors (Lipinski definition) is 1. The van der Waals surface area contributed by atoms with Gasteiger partial charge >= 0.3 is 6.09 Å². The number of carboxylic acid groups (broad SMARTS) is 1. The molecule has 0 atom stereocenters. The number of rotatable bonds is 9. The van der Waals surface area contributed by atoms with Crippen molar-refractivity contribution in [1.29, 1.82) is 0 Å². The molecule has 0 spiro atoms. The Labute approximate surface area is 116 Å². The van der Waals surface area contributed by atoms with Crippen LogP contribution in [0.4, 0.5) is 4.79 Å². The van der Waals surface area contributed by atoms with Gasteiger partial charge in [-0.2, -0.15) is 0 Å². The Kier molecular flexibility index (Phi) is 7.71. The summed E-state index contributed by atoms with van der Waals surface area (Å²) in [6.45, 7) is 3.33. The lowest BCUT2D eigenvalue weighted by molar-refractivity contribution is 0.141. The molecular formula is C16H25NO2. The Morgan fingerprint density at radius 2 is 1.68 bits per heavy atom. The molecule has 0 aliphatic heterocycles. The van der Waals surface area contributed by atoms with Crippen molar-refractivity contribution < 1.29 is 9.90 Å². The molecule has 0 bridgehead atoms. The van der Waals surface area contributed by atoms with Crippen LogP contribution < -0.4 is 0 Å². The van der Waals surface area contributed by atoms with Gasteiger partial charge in [-0.25, -0.2) is 4.79 Å². The number of amides is 1. The Balaban J connectivity index is 2.27. The van der Waals surface area contributed by atoms with E-state index in [1.54, 1.807) is 0 Å². The lowest BCUT2D eigenvalue weighted by atomic mass is 10.1. The first-order valence-corrected chi connectivity index (χ1v) is 7.26. The standard InChI is InChI=1S/C16H25NO2/c1-2-3-4-5-6-10-13-17(16(18)19)14-15-11-8-7-9-12-15/h7-9,11-12H,2-6,10,13-14H2,1H3,(H,18,19). The molecule has 3 nitrogen and oxygen atoms in total. The van der Waals surface area contributed by atoms with Gasteiger partial charge in [-0.05, 0) is 12.0 Å². The highest BCUT2D eigenvalue weighted by molar-refractivity contribution is 5.64. The van der Waals surface area contributed by atoms with E-state index < -0.39 is 6.09 Å². The topological polar surface area (TPSA) is 40.5 Å². The molecule has 0 aliphatic carbocycles. The molecule has 1 aromatic rings. The summed E-state index contributed by atoms with van der Waals surface area (Å²) in [5.74, 6) is 0. The molecule has 0 radical (unpaired) electrons. The molecule has 106 valence electrons. The van der Waals surface area contributed by atoms with Gasteiger partial charge in [-0.15, -0.1) is 0 Å². The minimum absolute atomic E-state index is 0.491. The normalized spacial score (nSPS) is 10.4. The molecule has 1 N–H and O–H groups in total. The average molecular weight is 263 g/mol. The number of benzene rings is 1. The lowest BCUT2D eigenvalue weighted by Gasteiger charge is -2.19. The lowest BCUT2D eigenvalue weighted by Crippen LogP contribution is -2.29. The van der Waals surface area contributed by atoms with Crippen LogP contribution in [0, 0.1) is 0 Å². The minimum atomic E-state index is -0.822. The number of carbonyl (C=O) groups is 1. The smallest absolute Gasteiger partial charge is 0.407 e. The molecule has 1 amide bonds. The van der Waals surface area contributed by atoms with E-state index in [0.717, 1.165) is 18.4 Å². The Bertz CT molecular complexity index is 351. The average Bonchev–Trinajstić information content (AvgIpc) is 2.42. The summed E-state index contributed by atoms with van der Waals surface area (Å²) in [4.78, 5) is 12.7. The fourth-order valence-electron chi connectivity index (χ4n) is 2.13. The molecule has 3 heteroatoms. The monoisotopic (exact) mass is 263 g/mol. The van der Waals surface area contributed by atoms with Gasteiger partial charge in [0.25, 0.3) is 0 Å². The van der Waals surface area contributed by atoms with Gasteiger partial charge in [0, 0.05) is 13.1 Å². The molecule has 0 heterocycles. The van der Waals surface area contributed by atoms with Crippen molar-refractivity contribution in [3.05, 3.63) is 35.9 Å².